The van der Waals surface area contributed by atoms with Crippen molar-refractivity contribution in [1.82, 2.24) is 15.3 Å². The average Bonchev–Trinajstić information content (AvgIpc) is 2.45. The summed E-state index contributed by atoms with van der Waals surface area (Å²) in [6, 6.07) is 6.63. The van der Waals surface area contributed by atoms with Crippen LogP contribution in [-0.2, 0) is 6.42 Å². The Hall–Kier alpha value is -1.53. The third-order valence-electron chi connectivity index (χ3n) is 3.01. The lowest BCUT2D eigenvalue weighted by molar-refractivity contribution is 0.395. The summed E-state index contributed by atoms with van der Waals surface area (Å²) in [5.41, 5.74) is 1.40. The first-order valence-electron chi connectivity index (χ1n) is 6.11. The van der Waals surface area contributed by atoms with Gasteiger partial charge in [0.05, 0.1) is 7.11 Å². The van der Waals surface area contributed by atoms with Crippen molar-refractivity contribution >= 4 is 15.9 Å². The molecule has 0 bridgehead atoms. The molecule has 20 heavy (non-hydrogen) atoms. The lowest BCUT2D eigenvalue weighted by Crippen LogP contribution is -2.20. The number of likely N-dealkylation sites (N-methyl/N-ethyl adjacent to an activating group) is 1. The normalized spacial score (nSPS) is 12.2. The standard InChI is InChI=1S/C14H15BrFN3O/c1-17-13(11-4-3-9(15)5-12(11)16)6-10-7-14(20-2)19-8-18-10/h3-5,7-8,13,17H,6H2,1-2H3. The number of methoxy groups -OCH3 is 1. The van der Waals surface area contributed by atoms with Gasteiger partial charge in [-0.25, -0.2) is 14.4 Å². The zero-order valence-electron chi connectivity index (χ0n) is 11.2. The van der Waals surface area contributed by atoms with Crippen LogP contribution in [0.3, 0.4) is 0 Å². The molecule has 0 saturated carbocycles. The molecule has 1 heterocycles. The van der Waals surface area contributed by atoms with Crippen molar-refractivity contribution in [2.75, 3.05) is 14.2 Å². The number of nitrogens with one attached hydrogen (secondary N) is 1. The fourth-order valence-corrected chi connectivity index (χ4v) is 2.29. The number of benzene rings is 1. The van der Waals surface area contributed by atoms with Crippen molar-refractivity contribution < 1.29 is 9.13 Å². The number of ether oxygens (including phenoxy) is 1. The molecule has 1 N–H and O–H groups in total. The summed E-state index contributed by atoms with van der Waals surface area (Å²) in [4.78, 5) is 8.14. The van der Waals surface area contributed by atoms with Crippen LogP contribution in [0.2, 0.25) is 0 Å². The van der Waals surface area contributed by atoms with Gasteiger partial charge in [-0.15, -0.1) is 0 Å². The van der Waals surface area contributed by atoms with Gasteiger partial charge in [-0.1, -0.05) is 22.0 Å². The lowest BCUT2D eigenvalue weighted by Gasteiger charge is -2.17. The third kappa shape index (κ3) is 3.52. The van der Waals surface area contributed by atoms with Crippen LogP contribution in [0, 0.1) is 5.82 Å². The smallest absolute Gasteiger partial charge is 0.216 e. The van der Waals surface area contributed by atoms with E-state index in [9.17, 15) is 4.39 Å². The van der Waals surface area contributed by atoms with Crippen LogP contribution in [0.15, 0.2) is 35.1 Å². The summed E-state index contributed by atoms with van der Waals surface area (Å²) in [6.45, 7) is 0. The van der Waals surface area contributed by atoms with Gasteiger partial charge in [0.2, 0.25) is 5.88 Å². The quantitative estimate of drug-likeness (QED) is 0.909. The maximum atomic E-state index is 14.0. The highest BCUT2D eigenvalue weighted by atomic mass is 79.9. The van der Waals surface area contributed by atoms with E-state index in [2.05, 4.69) is 31.2 Å². The van der Waals surface area contributed by atoms with Gasteiger partial charge >= 0.3 is 0 Å². The molecule has 0 spiro atoms. The highest BCUT2D eigenvalue weighted by Gasteiger charge is 2.16. The number of halogens is 2. The maximum absolute atomic E-state index is 14.0. The second kappa shape index (κ2) is 6.76. The van der Waals surface area contributed by atoms with Crippen LogP contribution in [0.5, 0.6) is 5.88 Å². The van der Waals surface area contributed by atoms with Crippen LogP contribution in [-0.4, -0.2) is 24.1 Å². The maximum Gasteiger partial charge on any atom is 0.216 e. The topological polar surface area (TPSA) is 47.0 Å². The van der Waals surface area contributed by atoms with Gasteiger partial charge in [-0.3, -0.25) is 0 Å². The summed E-state index contributed by atoms with van der Waals surface area (Å²) < 4.78 is 19.8. The van der Waals surface area contributed by atoms with Crippen LogP contribution in [0.25, 0.3) is 0 Å². The number of hydrogen-bond donors (Lipinski definition) is 1. The first kappa shape index (κ1) is 14.9. The van der Waals surface area contributed by atoms with Crippen LogP contribution >= 0.6 is 15.9 Å². The van der Waals surface area contributed by atoms with E-state index in [0.717, 1.165) is 10.2 Å². The summed E-state index contributed by atoms with van der Waals surface area (Å²) in [5.74, 6) is 0.251. The van der Waals surface area contributed by atoms with Crippen LogP contribution in [0.4, 0.5) is 4.39 Å². The van der Waals surface area contributed by atoms with Gasteiger partial charge in [0.15, 0.2) is 0 Å². The van der Waals surface area contributed by atoms with Crippen LogP contribution in [0.1, 0.15) is 17.3 Å². The van der Waals surface area contributed by atoms with E-state index in [1.165, 1.54) is 12.4 Å². The molecule has 6 heteroatoms. The van der Waals surface area contributed by atoms with E-state index in [1.807, 2.05) is 6.07 Å². The van der Waals surface area contributed by atoms with Gasteiger partial charge in [0, 0.05) is 34.3 Å². The van der Waals surface area contributed by atoms with Crippen molar-refractivity contribution in [3.8, 4) is 5.88 Å². The predicted octanol–water partition coefficient (Wildman–Crippen LogP) is 2.89. The number of rotatable bonds is 5. The number of aromatic nitrogens is 2. The molecular weight excluding hydrogens is 325 g/mol. The molecule has 0 aliphatic carbocycles. The van der Waals surface area contributed by atoms with Gasteiger partial charge in [0.25, 0.3) is 0 Å². The molecule has 2 aromatic rings. The SMILES string of the molecule is CNC(Cc1cc(OC)ncn1)c1ccc(Br)cc1F. The van der Waals surface area contributed by atoms with E-state index in [4.69, 9.17) is 4.74 Å². The zero-order valence-corrected chi connectivity index (χ0v) is 12.8. The predicted molar refractivity (Wildman–Crippen MR) is 78.2 cm³/mol. The highest BCUT2D eigenvalue weighted by molar-refractivity contribution is 9.10. The van der Waals surface area contributed by atoms with Crippen molar-refractivity contribution in [3.05, 3.63) is 52.1 Å². The van der Waals surface area contributed by atoms with E-state index in [-0.39, 0.29) is 11.9 Å². The Balaban J connectivity index is 2.23. The molecule has 0 aliphatic heterocycles. The number of hydrogen-bond acceptors (Lipinski definition) is 4. The van der Waals surface area contributed by atoms with Crippen molar-refractivity contribution in [3.63, 3.8) is 0 Å². The molecule has 1 atom stereocenters. The van der Waals surface area contributed by atoms with Crippen molar-refractivity contribution in [2.45, 2.75) is 12.5 Å². The Morgan fingerprint density at radius 1 is 1.35 bits per heavy atom. The molecule has 0 aliphatic rings. The Labute approximate surface area is 125 Å². The summed E-state index contributed by atoms with van der Waals surface area (Å²) >= 11 is 3.26. The minimum Gasteiger partial charge on any atom is -0.481 e. The summed E-state index contributed by atoms with van der Waals surface area (Å²) in [6.07, 6.45) is 1.99. The second-order valence-electron chi connectivity index (χ2n) is 4.26. The van der Waals surface area contributed by atoms with Crippen LogP contribution < -0.4 is 10.1 Å². The highest BCUT2D eigenvalue weighted by Crippen LogP contribution is 2.24. The Bertz CT molecular complexity index is 594. The zero-order chi connectivity index (χ0) is 14.5. The van der Waals surface area contributed by atoms with Gasteiger partial charge in [-0.05, 0) is 19.2 Å². The Morgan fingerprint density at radius 3 is 2.80 bits per heavy atom. The summed E-state index contributed by atoms with van der Waals surface area (Å²) in [5, 5.41) is 3.11. The second-order valence-corrected chi connectivity index (χ2v) is 5.18. The van der Waals surface area contributed by atoms with E-state index in [0.29, 0.717) is 17.9 Å². The molecule has 1 aromatic carbocycles. The minimum atomic E-state index is -0.250. The fraction of sp³-hybridized carbons (Fsp3) is 0.286. The van der Waals surface area contributed by atoms with E-state index >= 15 is 0 Å². The van der Waals surface area contributed by atoms with Gasteiger partial charge in [0.1, 0.15) is 12.1 Å². The molecular formula is C14H15BrFN3O. The molecule has 1 unspecified atom stereocenters. The van der Waals surface area contributed by atoms with Crippen molar-refractivity contribution in [2.24, 2.45) is 0 Å². The average molecular weight is 340 g/mol. The van der Waals surface area contributed by atoms with Gasteiger partial charge < -0.3 is 10.1 Å². The molecule has 106 valence electrons. The molecule has 1 aromatic heterocycles. The summed E-state index contributed by atoms with van der Waals surface area (Å²) in [7, 11) is 3.35. The molecule has 0 saturated heterocycles. The third-order valence-corrected chi connectivity index (χ3v) is 3.50. The minimum absolute atomic E-state index is 0.164. The monoisotopic (exact) mass is 339 g/mol. The Kier molecular flexibility index (Phi) is 5.03. The van der Waals surface area contributed by atoms with Crippen molar-refractivity contribution in [1.29, 1.82) is 0 Å². The number of nitrogens with zero attached hydrogens (tertiary/aromatic N) is 2. The molecule has 4 nitrogen and oxygen atoms in total. The molecule has 2 rings (SSSR count). The molecule has 0 amide bonds. The largest absolute Gasteiger partial charge is 0.481 e. The van der Waals surface area contributed by atoms with E-state index in [1.54, 1.807) is 26.3 Å². The van der Waals surface area contributed by atoms with E-state index < -0.39 is 0 Å². The fourth-order valence-electron chi connectivity index (χ4n) is 1.96. The molecule has 0 radical (unpaired) electrons. The lowest BCUT2D eigenvalue weighted by atomic mass is 10.0. The first-order chi connectivity index (χ1) is 9.63. The molecule has 0 fully saturated rings. The van der Waals surface area contributed by atoms with Gasteiger partial charge in [-0.2, -0.15) is 0 Å². The Morgan fingerprint density at radius 2 is 2.15 bits per heavy atom. The first-order valence-corrected chi connectivity index (χ1v) is 6.90.